The Morgan fingerprint density at radius 3 is 2.04 bits per heavy atom. The first-order valence-electron chi connectivity index (χ1n) is 9.25. The van der Waals surface area contributed by atoms with E-state index in [4.69, 9.17) is 28.1 Å². The van der Waals surface area contributed by atoms with Gasteiger partial charge >= 0.3 is 0 Å². The molecule has 0 radical (unpaired) electrons. The molecule has 1 aromatic rings. The number of nitrogens with zero attached hydrogens (tertiary/aromatic N) is 3. The van der Waals surface area contributed by atoms with Crippen LogP contribution in [0.4, 0.5) is 5.69 Å². The Bertz CT molecular complexity index is 722. The van der Waals surface area contributed by atoms with Crippen molar-refractivity contribution in [3.8, 4) is 0 Å². The van der Waals surface area contributed by atoms with Gasteiger partial charge in [0, 0.05) is 16.1 Å². The minimum absolute atomic E-state index is 0. The summed E-state index contributed by atoms with van der Waals surface area (Å²) in [6, 6.07) is 7.77. The van der Waals surface area contributed by atoms with Crippen LogP contribution in [-0.4, -0.2) is 18.1 Å². The number of hydrogen-bond acceptors (Lipinski definition) is 5. The molecule has 1 aliphatic heterocycles. The van der Waals surface area contributed by atoms with Crippen LogP contribution in [0.15, 0.2) is 34.3 Å². The molecule has 1 unspecified atom stereocenters. The summed E-state index contributed by atoms with van der Waals surface area (Å²) in [4.78, 5) is 11.2. The van der Waals surface area contributed by atoms with Crippen molar-refractivity contribution in [2.45, 2.75) is 44.7 Å². The van der Waals surface area contributed by atoms with E-state index in [1.807, 2.05) is 24.3 Å². The van der Waals surface area contributed by atoms with Gasteiger partial charge in [0.25, 0.3) is 0 Å². The molecular formula is C19H25Cl2N5. The molecule has 0 spiro atoms. The van der Waals surface area contributed by atoms with Gasteiger partial charge in [0.15, 0.2) is 0 Å². The summed E-state index contributed by atoms with van der Waals surface area (Å²) in [7, 11) is 0. The van der Waals surface area contributed by atoms with Crippen molar-refractivity contribution in [3.63, 3.8) is 0 Å². The molecule has 4 bridgehead atoms. The van der Waals surface area contributed by atoms with Crippen molar-refractivity contribution in [2.75, 3.05) is 4.90 Å². The number of rotatable bonds is 2. The fourth-order valence-electron chi connectivity index (χ4n) is 6.29. The SMILES string of the molecule is Cl.NC1=NC(C23CC4CC(CC(C4)C2)C3)N(c2ccc(Cl)cc2)C(N)=N1. The molecular weight excluding hydrogens is 369 g/mol. The fourth-order valence-corrected chi connectivity index (χ4v) is 6.41. The summed E-state index contributed by atoms with van der Waals surface area (Å²) in [5.74, 6) is 3.28. The highest BCUT2D eigenvalue weighted by Crippen LogP contribution is 2.62. The minimum atomic E-state index is -0.0559. The van der Waals surface area contributed by atoms with Crippen LogP contribution < -0.4 is 16.4 Å². The van der Waals surface area contributed by atoms with Crippen molar-refractivity contribution in [2.24, 2.45) is 44.6 Å². The van der Waals surface area contributed by atoms with Crippen LogP contribution in [0.1, 0.15) is 38.5 Å². The quantitative estimate of drug-likeness (QED) is 0.802. The second-order valence-corrected chi connectivity index (χ2v) is 8.89. The zero-order valence-corrected chi connectivity index (χ0v) is 16.2. The van der Waals surface area contributed by atoms with E-state index in [-0.39, 0.29) is 24.0 Å². The Balaban J connectivity index is 0.00000168. The van der Waals surface area contributed by atoms with Crippen LogP contribution in [0, 0.1) is 23.2 Å². The normalized spacial score (nSPS) is 37.8. The lowest BCUT2D eigenvalue weighted by Gasteiger charge is -2.60. The lowest BCUT2D eigenvalue weighted by molar-refractivity contribution is -0.0650. The summed E-state index contributed by atoms with van der Waals surface area (Å²) >= 11 is 6.08. The van der Waals surface area contributed by atoms with Crippen LogP contribution in [-0.2, 0) is 0 Å². The van der Waals surface area contributed by atoms with Crippen LogP contribution in [0.2, 0.25) is 5.02 Å². The van der Waals surface area contributed by atoms with Crippen LogP contribution in [0.5, 0.6) is 0 Å². The molecule has 1 atom stereocenters. The molecule has 4 saturated carbocycles. The average Bonchev–Trinajstić information content (AvgIpc) is 2.54. The largest absolute Gasteiger partial charge is 0.369 e. The fraction of sp³-hybridized carbons (Fsp3) is 0.579. The highest BCUT2D eigenvalue weighted by Gasteiger charge is 2.56. The summed E-state index contributed by atoms with van der Waals surface area (Å²) in [6.45, 7) is 0. The molecule has 7 heteroatoms. The number of anilines is 1. The Morgan fingerprint density at radius 2 is 1.50 bits per heavy atom. The van der Waals surface area contributed by atoms with Crippen molar-refractivity contribution in [1.29, 1.82) is 0 Å². The predicted octanol–water partition coefficient (Wildman–Crippen LogP) is 3.75. The van der Waals surface area contributed by atoms with E-state index in [1.54, 1.807) is 0 Å². The van der Waals surface area contributed by atoms with Gasteiger partial charge < -0.3 is 11.5 Å². The Hall–Kier alpha value is -1.46. The zero-order chi connectivity index (χ0) is 17.2. The van der Waals surface area contributed by atoms with Crippen molar-refractivity contribution in [3.05, 3.63) is 29.3 Å². The third kappa shape index (κ3) is 2.76. The monoisotopic (exact) mass is 393 g/mol. The molecule has 140 valence electrons. The van der Waals surface area contributed by atoms with E-state index in [9.17, 15) is 0 Å². The molecule has 4 N–H and O–H groups in total. The maximum Gasteiger partial charge on any atom is 0.220 e. The van der Waals surface area contributed by atoms with Crippen LogP contribution in [0.3, 0.4) is 0 Å². The third-order valence-electron chi connectivity index (χ3n) is 6.71. The number of benzene rings is 1. The molecule has 0 saturated heterocycles. The van der Waals surface area contributed by atoms with Gasteiger partial charge in [-0.05, 0) is 80.5 Å². The summed E-state index contributed by atoms with van der Waals surface area (Å²) in [5.41, 5.74) is 13.5. The molecule has 0 amide bonds. The first kappa shape index (κ1) is 17.9. The van der Waals surface area contributed by atoms with E-state index in [1.165, 1.54) is 38.5 Å². The van der Waals surface area contributed by atoms with E-state index in [0.717, 1.165) is 23.4 Å². The van der Waals surface area contributed by atoms with Crippen molar-refractivity contribution >= 4 is 41.6 Å². The van der Waals surface area contributed by atoms with Gasteiger partial charge in [-0.3, -0.25) is 4.90 Å². The van der Waals surface area contributed by atoms with E-state index in [2.05, 4.69) is 9.89 Å². The van der Waals surface area contributed by atoms with Gasteiger partial charge in [-0.25, -0.2) is 4.99 Å². The smallest absolute Gasteiger partial charge is 0.220 e. The maximum atomic E-state index is 6.33. The van der Waals surface area contributed by atoms with Crippen LogP contribution >= 0.6 is 24.0 Å². The average molecular weight is 394 g/mol. The van der Waals surface area contributed by atoms with Crippen molar-refractivity contribution in [1.82, 2.24) is 0 Å². The Kier molecular flexibility index (Phi) is 4.35. The second kappa shape index (κ2) is 6.31. The molecule has 0 aromatic heterocycles. The molecule has 26 heavy (non-hydrogen) atoms. The standard InChI is InChI=1S/C19H24ClN5.ClH/c20-14-1-3-15(4-2-14)25-16(23-17(21)24-18(25)22)19-8-11-5-12(9-19)7-13(6-11)10-19;/h1-4,11-13,16H,5-10H2,(H4,21,22,23,24);1H. The third-order valence-corrected chi connectivity index (χ3v) is 6.97. The Labute approximate surface area is 165 Å². The molecule has 6 rings (SSSR count). The summed E-state index contributed by atoms with van der Waals surface area (Å²) in [5, 5.41) is 0.714. The van der Waals surface area contributed by atoms with Crippen LogP contribution in [0.25, 0.3) is 0 Å². The van der Waals surface area contributed by atoms with Gasteiger partial charge in [0.2, 0.25) is 11.9 Å². The maximum absolute atomic E-state index is 6.33. The summed E-state index contributed by atoms with van der Waals surface area (Å²) in [6.07, 6.45) is 7.84. The lowest BCUT2D eigenvalue weighted by Crippen LogP contribution is -2.60. The number of nitrogens with two attached hydrogens (primary N) is 2. The van der Waals surface area contributed by atoms with Gasteiger partial charge in [-0.2, -0.15) is 4.99 Å². The van der Waals surface area contributed by atoms with Crippen molar-refractivity contribution < 1.29 is 0 Å². The molecule has 4 aliphatic carbocycles. The zero-order valence-electron chi connectivity index (χ0n) is 14.6. The first-order chi connectivity index (χ1) is 12.0. The molecule has 5 nitrogen and oxygen atoms in total. The Morgan fingerprint density at radius 1 is 0.962 bits per heavy atom. The van der Waals surface area contributed by atoms with E-state index in [0.29, 0.717) is 16.9 Å². The lowest BCUT2D eigenvalue weighted by atomic mass is 9.48. The molecule has 1 aromatic carbocycles. The van der Waals surface area contributed by atoms with E-state index >= 15 is 0 Å². The first-order valence-corrected chi connectivity index (χ1v) is 9.62. The topological polar surface area (TPSA) is 80.0 Å². The number of halogens is 2. The minimum Gasteiger partial charge on any atom is -0.369 e. The van der Waals surface area contributed by atoms with Gasteiger partial charge in [-0.1, -0.05) is 11.6 Å². The number of aliphatic imine (C=N–C) groups is 2. The highest BCUT2D eigenvalue weighted by molar-refractivity contribution is 6.30. The highest BCUT2D eigenvalue weighted by atomic mass is 35.5. The van der Waals surface area contributed by atoms with E-state index < -0.39 is 0 Å². The second-order valence-electron chi connectivity index (χ2n) is 8.46. The molecule has 4 fully saturated rings. The van der Waals surface area contributed by atoms with Gasteiger partial charge in [-0.15, -0.1) is 12.4 Å². The number of hydrogen-bond donors (Lipinski definition) is 2. The summed E-state index contributed by atoms with van der Waals surface area (Å²) < 4.78 is 0. The van der Waals surface area contributed by atoms with Gasteiger partial charge in [0.1, 0.15) is 6.17 Å². The molecule has 1 heterocycles. The number of guanidine groups is 2. The van der Waals surface area contributed by atoms with Gasteiger partial charge in [0.05, 0.1) is 0 Å². The molecule has 5 aliphatic rings. The predicted molar refractivity (Wildman–Crippen MR) is 109 cm³/mol.